The van der Waals surface area contributed by atoms with E-state index in [1.165, 1.54) is 0 Å². The van der Waals surface area contributed by atoms with E-state index in [0.717, 1.165) is 5.39 Å². The van der Waals surface area contributed by atoms with E-state index >= 15 is 0 Å². The first-order valence-corrected chi connectivity index (χ1v) is 3.65. The summed E-state index contributed by atoms with van der Waals surface area (Å²) in [6.45, 7) is 0.348. The molecular formula is C8H9N3O. The van der Waals surface area contributed by atoms with E-state index < -0.39 is 0 Å². The van der Waals surface area contributed by atoms with Gasteiger partial charge in [0.25, 0.3) is 0 Å². The summed E-state index contributed by atoms with van der Waals surface area (Å²) in [5, 5.41) is 4.63. The van der Waals surface area contributed by atoms with Gasteiger partial charge in [0.1, 0.15) is 5.69 Å². The molecular weight excluding hydrogens is 154 g/mol. The number of anilines is 1. The predicted octanol–water partition coefficient (Wildman–Crippen LogP) is 0.869. The van der Waals surface area contributed by atoms with Crippen LogP contribution in [0.2, 0.25) is 0 Å². The van der Waals surface area contributed by atoms with Crippen molar-refractivity contribution in [2.75, 3.05) is 5.73 Å². The summed E-state index contributed by atoms with van der Waals surface area (Å²) in [6, 6.07) is 5.44. The van der Waals surface area contributed by atoms with E-state index in [2.05, 4.69) is 5.16 Å². The molecule has 0 aliphatic heterocycles. The van der Waals surface area contributed by atoms with Gasteiger partial charge in [-0.2, -0.15) is 0 Å². The molecule has 0 unspecified atom stereocenters. The van der Waals surface area contributed by atoms with Crippen LogP contribution >= 0.6 is 0 Å². The highest BCUT2D eigenvalue weighted by Crippen LogP contribution is 2.23. The van der Waals surface area contributed by atoms with Crippen molar-refractivity contribution in [3.8, 4) is 0 Å². The van der Waals surface area contributed by atoms with Gasteiger partial charge in [0.15, 0.2) is 5.58 Å². The summed E-state index contributed by atoms with van der Waals surface area (Å²) in [7, 11) is 0. The number of nitrogens with two attached hydrogens (primary N) is 2. The van der Waals surface area contributed by atoms with Crippen LogP contribution in [0.25, 0.3) is 11.0 Å². The molecule has 0 amide bonds. The molecule has 0 fully saturated rings. The Morgan fingerprint density at radius 3 is 3.00 bits per heavy atom. The van der Waals surface area contributed by atoms with Crippen LogP contribution in [-0.4, -0.2) is 5.16 Å². The van der Waals surface area contributed by atoms with E-state index in [-0.39, 0.29) is 0 Å². The van der Waals surface area contributed by atoms with Crippen molar-refractivity contribution in [3.63, 3.8) is 0 Å². The second-order valence-corrected chi connectivity index (χ2v) is 2.55. The molecule has 0 spiro atoms. The van der Waals surface area contributed by atoms with Crippen LogP contribution in [0, 0.1) is 0 Å². The molecule has 1 aromatic heterocycles. The van der Waals surface area contributed by atoms with E-state index in [1.54, 1.807) is 6.07 Å². The Kier molecular flexibility index (Phi) is 1.48. The van der Waals surface area contributed by atoms with E-state index in [4.69, 9.17) is 16.0 Å². The second-order valence-electron chi connectivity index (χ2n) is 2.55. The van der Waals surface area contributed by atoms with Crippen molar-refractivity contribution in [1.82, 2.24) is 5.16 Å². The molecule has 2 aromatic rings. The number of rotatable bonds is 1. The van der Waals surface area contributed by atoms with E-state index in [1.807, 2.05) is 12.1 Å². The Morgan fingerprint density at radius 1 is 1.42 bits per heavy atom. The third-order valence-electron chi connectivity index (χ3n) is 1.79. The standard InChI is InChI=1S/C8H9N3O/c9-4-6-8-5(10)2-1-3-7(8)12-11-6/h1-3H,4,9-10H2. The smallest absolute Gasteiger partial charge is 0.169 e. The fourth-order valence-corrected chi connectivity index (χ4v) is 1.22. The number of benzene rings is 1. The van der Waals surface area contributed by atoms with Crippen LogP contribution in [0.4, 0.5) is 5.69 Å². The highest BCUT2D eigenvalue weighted by Gasteiger charge is 2.08. The van der Waals surface area contributed by atoms with Crippen LogP contribution in [-0.2, 0) is 6.54 Å². The van der Waals surface area contributed by atoms with Crippen molar-refractivity contribution in [2.45, 2.75) is 6.54 Å². The number of nitrogen functional groups attached to an aromatic ring is 1. The number of aromatic nitrogens is 1. The summed E-state index contributed by atoms with van der Waals surface area (Å²) < 4.78 is 5.01. The predicted molar refractivity (Wildman–Crippen MR) is 46.3 cm³/mol. The SMILES string of the molecule is NCc1noc2cccc(N)c12. The fourth-order valence-electron chi connectivity index (χ4n) is 1.22. The first-order chi connectivity index (χ1) is 5.83. The fraction of sp³-hybridized carbons (Fsp3) is 0.125. The van der Waals surface area contributed by atoms with Gasteiger partial charge in [0.2, 0.25) is 0 Å². The van der Waals surface area contributed by atoms with Crippen molar-refractivity contribution in [2.24, 2.45) is 5.73 Å². The highest BCUT2D eigenvalue weighted by atomic mass is 16.5. The minimum absolute atomic E-state index is 0.348. The molecule has 1 heterocycles. The quantitative estimate of drug-likeness (QED) is 0.611. The molecule has 2 rings (SSSR count). The molecule has 0 atom stereocenters. The van der Waals surface area contributed by atoms with Crippen LogP contribution in [0.15, 0.2) is 22.7 Å². The lowest BCUT2D eigenvalue weighted by Crippen LogP contribution is -1.97. The third-order valence-corrected chi connectivity index (χ3v) is 1.79. The summed E-state index contributed by atoms with van der Waals surface area (Å²) in [4.78, 5) is 0. The average molecular weight is 163 g/mol. The number of fused-ring (bicyclic) bond motifs is 1. The lowest BCUT2D eigenvalue weighted by atomic mass is 10.2. The van der Waals surface area contributed by atoms with E-state index in [0.29, 0.717) is 23.5 Å². The van der Waals surface area contributed by atoms with Crippen LogP contribution in [0.5, 0.6) is 0 Å². The summed E-state index contributed by atoms with van der Waals surface area (Å²) >= 11 is 0. The molecule has 1 aromatic carbocycles. The first-order valence-electron chi connectivity index (χ1n) is 3.65. The van der Waals surface area contributed by atoms with Crippen LogP contribution in [0.1, 0.15) is 5.69 Å². The van der Waals surface area contributed by atoms with Gasteiger partial charge >= 0.3 is 0 Å². The minimum atomic E-state index is 0.348. The zero-order chi connectivity index (χ0) is 8.55. The maximum absolute atomic E-state index is 5.72. The monoisotopic (exact) mass is 163 g/mol. The molecule has 0 aliphatic rings. The Bertz CT molecular complexity index is 408. The van der Waals surface area contributed by atoms with Gasteiger partial charge < -0.3 is 16.0 Å². The zero-order valence-electron chi connectivity index (χ0n) is 6.45. The summed E-state index contributed by atoms with van der Waals surface area (Å²) in [6.07, 6.45) is 0. The zero-order valence-corrected chi connectivity index (χ0v) is 6.45. The normalized spacial score (nSPS) is 10.8. The van der Waals surface area contributed by atoms with Gasteiger partial charge in [-0.1, -0.05) is 11.2 Å². The summed E-state index contributed by atoms with van der Waals surface area (Å²) in [5.74, 6) is 0. The molecule has 12 heavy (non-hydrogen) atoms. The molecule has 62 valence electrons. The largest absolute Gasteiger partial charge is 0.398 e. The Balaban J connectivity index is 2.83. The van der Waals surface area contributed by atoms with Gasteiger partial charge in [0, 0.05) is 12.2 Å². The second kappa shape index (κ2) is 2.49. The molecule has 4 nitrogen and oxygen atoms in total. The van der Waals surface area contributed by atoms with Gasteiger partial charge in [-0.05, 0) is 12.1 Å². The molecule has 0 aliphatic carbocycles. The minimum Gasteiger partial charge on any atom is -0.398 e. The number of hydrogen-bond donors (Lipinski definition) is 2. The first kappa shape index (κ1) is 7.12. The molecule has 0 radical (unpaired) electrons. The van der Waals surface area contributed by atoms with Gasteiger partial charge in [-0.25, -0.2) is 0 Å². The van der Waals surface area contributed by atoms with Gasteiger partial charge in [-0.15, -0.1) is 0 Å². The maximum atomic E-state index is 5.72. The highest BCUT2D eigenvalue weighted by molar-refractivity contribution is 5.91. The average Bonchev–Trinajstić information content (AvgIpc) is 2.49. The topological polar surface area (TPSA) is 78.1 Å². The lowest BCUT2D eigenvalue weighted by Gasteiger charge is -1.93. The molecule has 0 saturated heterocycles. The van der Waals surface area contributed by atoms with Gasteiger partial charge in [-0.3, -0.25) is 0 Å². The summed E-state index contributed by atoms with van der Waals surface area (Å²) in [5.41, 5.74) is 13.2. The Labute approximate surface area is 69.1 Å². The van der Waals surface area contributed by atoms with Crippen molar-refractivity contribution < 1.29 is 4.52 Å². The third kappa shape index (κ3) is 0.853. The van der Waals surface area contributed by atoms with Crippen molar-refractivity contribution in [3.05, 3.63) is 23.9 Å². The van der Waals surface area contributed by atoms with Gasteiger partial charge in [0.05, 0.1) is 5.39 Å². The van der Waals surface area contributed by atoms with Crippen LogP contribution in [0.3, 0.4) is 0 Å². The molecule has 4 heteroatoms. The van der Waals surface area contributed by atoms with Crippen LogP contribution < -0.4 is 11.5 Å². The Hall–Kier alpha value is -1.55. The molecule has 0 bridgehead atoms. The van der Waals surface area contributed by atoms with Crippen molar-refractivity contribution in [1.29, 1.82) is 0 Å². The molecule has 4 N–H and O–H groups in total. The Morgan fingerprint density at radius 2 is 2.25 bits per heavy atom. The lowest BCUT2D eigenvalue weighted by molar-refractivity contribution is 0.446. The van der Waals surface area contributed by atoms with Crippen molar-refractivity contribution >= 4 is 16.7 Å². The molecule has 0 saturated carbocycles. The van der Waals surface area contributed by atoms with E-state index in [9.17, 15) is 0 Å². The number of hydrogen-bond acceptors (Lipinski definition) is 4. The number of nitrogens with zero attached hydrogens (tertiary/aromatic N) is 1. The maximum Gasteiger partial charge on any atom is 0.169 e.